The molecule has 0 saturated carbocycles. The van der Waals surface area contributed by atoms with Crippen molar-refractivity contribution in [2.45, 2.75) is 24.5 Å². The van der Waals surface area contributed by atoms with Gasteiger partial charge in [0.05, 0.1) is 29.4 Å². The highest BCUT2D eigenvalue weighted by Crippen LogP contribution is 2.43. The van der Waals surface area contributed by atoms with Crippen molar-refractivity contribution in [3.63, 3.8) is 0 Å². The van der Waals surface area contributed by atoms with Gasteiger partial charge in [0.1, 0.15) is 6.04 Å². The first-order valence-corrected chi connectivity index (χ1v) is 8.60. The molecule has 0 spiro atoms. The van der Waals surface area contributed by atoms with Crippen LogP contribution in [-0.2, 0) is 4.79 Å². The van der Waals surface area contributed by atoms with Gasteiger partial charge in [-0.15, -0.1) is 0 Å². The summed E-state index contributed by atoms with van der Waals surface area (Å²) in [5.41, 5.74) is 0.890. The van der Waals surface area contributed by atoms with E-state index in [0.29, 0.717) is 28.4 Å². The SMILES string of the molecule is N#Cc1ccc(N2C(=O)C3C4CC(CN4C(=O)O)N3C2=O)c2ccccc12. The standard InChI is InChI=1S/C19H14N4O4/c20-8-10-5-6-14(13-4-2-1-3-12(10)13)23-17(24)16-15-7-11(22(16)18(23)25)9-21(15)19(26)27/h1-6,11,15-16H,7,9H2,(H,26,27). The fourth-order valence-corrected chi connectivity index (χ4v) is 4.67. The van der Waals surface area contributed by atoms with Gasteiger partial charge in [0.15, 0.2) is 0 Å². The van der Waals surface area contributed by atoms with Crippen molar-refractivity contribution < 1.29 is 19.5 Å². The van der Waals surface area contributed by atoms with Crippen LogP contribution in [0.15, 0.2) is 36.4 Å². The third-order valence-corrected chi connectivity index (χ3v) is 5.77. The zero-order valence-electron chi connectivity index (χ0n) is 14.1. The quantitative estimate of drug-likeness (QED) is 0.781. The van der Waals surface area contributed by atoms with E-state index >= 15 is 0 Å². The number of hydrogen-bond donors (Lipinski definition) is 1. The van der Waals surface area contributed by atoms with Gasteiger partial charge < -0.3 is 14.9 Å². The van der Waals surface area contributed by atoms with Gasteiger partial charge in [-0.25, -0.2) is 14.5 Å². The third kappa shape index (κ3) is 1.88. The summed E-state index contributed by atoms with van der Waals surface area (Å²) in [5, 5.41) is 20.0. The summed E-state index contributed by atoms with van der Waals surface area (Å²) in [4.78, 5) is 41.6. The maximum absolute atomic E-state index is 13.1. The number of anilines is 1. The van der Waals surface area contributed by atoms with Crippen molar-refractivity contribution in [1.82, 2.24) is 9.80 Å². The Bertz CT molecular complexity index is 1080. The Hall–Kier alpha value is -3.60. The van der Waals surface area contributed by atoms with Crippen molar-refractivity contribution in [3.05, 3.63) is 42.0 Å². The number of carbonyl (C=O) groups is 3. The maximum atomic E-state index is 13.1. The van der Waals surface area contributed by atoms with Gasteiger partial charge >= 0.3 is 12.1 Å². The highest BCUT2D eigenvalue weighted by Gasteiger charge is 2.63. The average molecular weight is 362 g/mol. The van der Waals surface area contributed by atoms with E-state index in [9.17, 15) is 24.8 Å². The van der Waals surface area contributed by atoms with E-state index in [4.69, 9.17) is 0 Å². The Morgan fingerprint density at radius 1 is 1.15 bits per heavy atom. The first-order chi connectivity index (χ1) is 13.0. The molecule has 8 heteroatoms. The van der Waals surface area contributed by atoms with E-state index in [1.807, 2.05) is 0 Å². The Balaban J connectivity index is 1.62. The molecular weight excluding hydrogens is 348 g/mol. The van der Waals surface area contributed by atoms with Crippen LogP contribution in [0.4, 0.5) is 15.3 Å². The Morgan fingerprint density at radius 2 is 1.89 bits per heavy atom. The fraction of sp³-hybridized carbons (Fsp3) is 0.263. The van der Waals surface area contributed by atoms with Crippen molar-refractivity contribution in [2.24, 2.45) is 0 Å². The predicted molar refractivity (Wildman–Crippen MR) is 94.1 cm³/mol. The average Bonchev–Trinajstić information content (AvgIpc) is 3.33. The summed E-state index contributed by atoms with van der Waals surface area (Å²) in [6.07, 6.45) is -0.569. The molecule has 8 nitrogen and oxygen atoms in total. The number of fused-ring (bicyclic) bond motifs is 6. The second-order valence-electron chi connectivity index (χ2n) is 6.99. The molecule has 27 heavy (non-hydrogen) atoms. The Kier molecular flexibility index (Phi) is 3.01. The predicted octanol–water partition coefficient (Wildman–Crippen LogP) is 1.98. The molecule has 2 aromatic rings. The lowest BCUT2D eigenvalue weighted by atomic mass is 10.0. The lowest BCUT2D eigenvalue weighted by Crippen LogP contribution is -2.54. The van der Waals surface area contributed by atoms with Gasteiger partial charge in [0.2, 0.25) is 0 Å². The number of urea groups is 1. The summed E-state index contributed by atoms with van der Waals surface area (Å²) < 4.78 is 0. The van der Waals surface area contributed by atoms with E-state index in [-0.39, 0.29) is 12.6 Å². The number of carboxylic acid groups (broad SMARTS) is 1. The third-order valence-electron chi connectivity index (χ3n) is 5.77. The minimum absolute atomic E-state index is 0.234. The number of hydrogen-bond acceptors (Lipinski definition) is 4. The van der Waals surface area contributed by atoms with Crippen LogP contribution in [0.5, 0.6) is 0 Å². The van der Waals surface area contributed by atoms with Crippen molar-refractivity contribution in [1.29, 1.82) is 5.26 Å². The molecule has 3 aliphatic rings. The van der Waals surface area contributed by atoms with Gasteiger partial charge in [0, 0.05) is 17.3 Å². The highest BCUT2D eigenvalue weighted by molar-refractivity contribution is 6.25. The van der Waals surface area contributed by atoms with Gasteiger partial charge in [-0.1, -0.05) is 24.3 Å². The first kappa shape index (κ1) is 15.6. The van der Waals surface area contributed by atoms with Crippen LogP contribution in [0, 0.1) is 11.3 Å². The van der Waals surface area contributed by atoms with Gasteiger partial charge in [-0.05, 0) is 18.6 Å². The number of imide groups is 1. The minimum Gasteiger partial charge on any atom is -0.465 e. The summed E-state index contributed by atoms with van der Waals surface area (Å²) >= 11 is 0. The smallest absolute Gasteiger partial charge is 0.407 e. The number of carbonyl (C=O) groups excluding carboxylic acids is 2. The van der Waals surface area contributed by atoms with Crippen LogP contribution in [0.3, 0.4) is 0 Å². The molecular formula is C19H14N4O4. The summed E-state index contributed by atoms with van der Waals surface area (Å²) in [5.74, 6) is -0.409. The van der Waals surface area contributed by atoms with Crippen molar-refractivity contribution in [2.75, 3.05) is 11.4 Å². The topological polar surface area (TPSA) is 105 Å². The van der Waals surface area contributed by atoms with Crippen molar-refractivity contribution in [3.8, 4) is 6.07 Å². The number of benzene rings is 2. The van der Waals surface area contributed by atoms with Crippen LogP contribution in [0.2, 0.25) is 0 Å². The largest absolute Gasteiger partial charge is 0.465 e. The summed E-state index contributed by atoms with van der Waals surface area (Å²) in [6, 6.07) is 10.5. The Morgan fingerprint density at radius 3 is 2.59 bits per heavy atom. The van der Waals surface area contributed by atoms with E-state index in [1.54, 1.807) is 36.4 Å². The molecule has 3 saturated heterocycles. The minimum atomic E-state index is -1.07. The molecule has 3 unspecified atom stereocenters. The van der Waals surface area contributed by atoms with E-state index in [2.05, 4.69) is 6.07 Å². The normalized spacial score (nSPS) is 26.0. The van der Waals surface area contributed by atoms with Gasteiger partial charge in [-0.3, -0.25) is 4.79 Å². The molecule has 1 N–H and O–H groups in total. The van der Waals surface area contributed by atoms with E-state index < -0.39 is 30.1 Å². The van der Waals surface area contributed by atoms with Crippen LogP contribution in [-0.4, -0.2) is 57.6 Å². The zero-order chi connectivity index (χ0) is 18.9. The van der Waals surface area contributed by atoms with E-state index in [1.165, 1.54) is 9.80 Å². The number of amides is 4. The molecule has 4 amide bonds. The molecule has 3 aliphatic heterocycles. The molecule has 0 radical (unpaired) electrons. The molecule has 3 fully saturated rings. The number of piperazine rings is 1. The molecule has 2 bridgehead atoms. The number of nitrogens with zero attached hydrogens (tertiary/aromatic N) is 4. The lowest BCUT2D eigenvalue weighted by molar-refractivity contribution is -0.121. The maximum Gasteiger partial charge on any atom is 0.407 e. The molecule has 3 atom stereocenters. The summed E-state index contributed by atoms with van der Waals surface area (Å²) in [6.45, 7) is 0.234. The van der Waals surface area contributed by atoms with Gasteiger partial charge in [-0.2, -0.15) is 5.26 Å². The Labute approximate surface area is 153 Å². The second kappa shape index (κ2) is 5.20. The van der Waals surface area contributed by atoms with Crippen LogP contribution in [0.1, 0.15) is 12.0 Å². The summed E-state index contributed by atoms with van der Waals surface area (Å²) in [7, 11) is 0. The molecule has 0 aromatic heterocycles. The lowest BCUT2D eigenvalue weighted by Gasteiger charge is -2.32. The monoisotopic (exact) mass is 362 g/mol. The number of nitriles is 1. The number of likely N-dealkylation sites (tertiary alicyclic amines) is 1. The first-order valence-electron chi connectivity index (χ1n) is 8.60. The van der Waals surface area contributed by atoms with Crippen LogP contribution < -0.4 is 4.90 Å². The molecule has 2 aromatic carbocycles. The van der Waals surface area contributed by atoms with Crippen LogP contribution >= 0.6 is 0 Å². The fourth-order valence-electron chi connectivity index (χ4n) is 4.67. The van der Waals surface area contributed by atoms with Crippen LogP contribution in [0.25, 0.3) is 10.8 Å². The van der Waals surface area contributed by atoms with Crippen molar-refractivity contribution >= 4 is 34.5 Å². The molecule has 134 valence electrons. The van der Waals surface area contributed by atoms with E-state index in [0.717, 1.165) is 4.90 Å². The highest BCUT2D eigenvalue weighted by atomic mass is 16.4. The van der Waals surface area contributed by atoms with Gasteiger partial charge in [0.25, 0.3) is 5.91 Å². The molecule has 0 aliphatic carbocycles. The number of rotatable bonds is 1. The zero-order valence-corrected chi connectivity index (χ0v) is 14.1. The molecule has 5 rings (SSSR count). The molecule has 3 heterocycles. The second-order valence-corrected chi connectivity index (χ2v) is 6.99.